The first-order chi connectivity index (χ1) is 42.2. The number of unbranched alkanes of at least 4 members (excludes halogenated alkanes) is 30. The number of phosphoric acid groups is 2. The van der Waals surface area contributed by atoms with E-state index in [2.05, 4.69) is 55.4 Å². The van der Waals surface area contributed by atoms with Crippen LogP contribution < -0.4 is 0 Å². The molecule has 0 aliphatic heterocycles. The van der Waals surface area contributed by atoms with E-state index in [0.717, 1.165) is 120 Å². The van der Waals surface area contributed by atoms with Crippen LogP contribution in [0.3, 0.4) is 0 Å². The summed E-state index contributed by atoms with van der Waals surface area (Å²) < 4.78 is 68.2. The number of phosphoric ester groups is 2. The van der Waals surface area contributed by atoms with E-state index in [1.165, 1.54) is 135 Å². The fraction of sp³-hybridized carbons (Fsp3) is 0.942. The molecular weight excluding hydrogens is 1160 g/mol. The van der Waals surface area contributed by atoms with Crippen LogP contribution in [0.5, 0.6) is 0 Å². The molecule has 0 saturated carbocycles. The van der Waals surface area contributed by atoms with Crippen molar-refractivity contribution < 1.29 is 80.2 Å². The van der Waals surface area contributed by atoms with Gasteiger partial charge >= 0.3 is 39.5 Å². The first kappa shape index (κ1) is 86.1. The number of hydrogen-bond donors (Lipinski definition) is 3. The number of rotatable bonds is 66. The van der Waals surface area contributed by atoms with Gasteiger partial charge in [0.05, 0.1) is 26.4 Å². The minimum absolute atomic E-state index is 0.104. The predicted molar refractivity (Wildman–Crippen MR) is 354 cm³/mol. The van der Waals surface area contributed by atoms with Crippen LogP contribution in [0.2, 0.25) is 0 Å². The molecule has 7 atom stereocenters. The van der Waals surface area contributed by atoms with Crippen LogP contribution in [0, 0.1) is 23.7 Å². The van der Waals surface area contributed by atoms with Crippen molar-refractivity contribution in [1.82, 2.24) is 0 Å². The molecule has 522 valence electrons. The lowest BCUT2D eigenvalue weighted by Crippen LogP contribution is -2.30. The van der Waals surface area contributed by atoms with E-state index in [0.29, 0.717) is 25.7 Å². The van der Waals surface area contributed by atoms with Gasteiger partial charge in [-0.15, -0.1) is 0 Å². The molecule has 0 aromatic heterocycles. The Hall–Kier alpha value is -1.94. The summed E-state index contributed by atoms with van der Waals surface area (Å²) in [6.07, 6.45) is 40.3. The molecule has 17 nitrogen and oxygen atoms in total. The highest BCUT2D eigenvalue weighted by Crippen LogP contribution is 2.45. The van der Waals surface area contributed by atoms with Crippen LogP contribution in [0.4, 0.5) is 0 Å². The van der Waals surface area contributed by atoms with Gasteiger partial charge in [0, 0.05) is 25.7 Å². The lowest BCUT2D eigenvalue weighted by molar-refractivity contribution is -0.161. The minimum Gasteiger partial charge on any atom is -0.462 e. The second kappa shape index (κ2) is 58.8. The molecular formula is C69H134O17P2. The molecule has 0 aliphatic rings. The second-order valence-corrected chi connectivity index (χ2v) is 29.3. The summed E-state index contributed by atoms with van der Waals surface area (Å²) in [7, 11) is -9.90. The fourth-order valence-electron chi connectivity index (χ4n) is 10.2. The predicted octanol–water partition coefficient (Wildman–Crippen LogP) is 19.3. The number of carbonyl (C=O) groups is 4. The largest absolute Gasteiger partial charge is 0.472 e. The van der Waals surface area contributed by atoms with Crippen molar-refractivity contribution in [2.75, 3.05) is 39.6 Å². The zero-order valence-electron chi connectivity index (χ0n) is 57.3. The highest BCUT2D eigenvalue weighted by atomic mass is 31.2. The van der Waals surface area contributed by atoms with Gasteiger partial charge in [-0.25, -0.2) is 9.13 Å². The zero-order chi connectivity index (χ0) is 65.4. The van der Waals surface area contributed by atoms with Crippen molar-refractivity contribution in [3.8, 4) is 0 Å². The van der Waals surface area contributed by atoms with Gasteiger partial charge in [-0.1, -0.05) is 287 Å². The quantitative estimate of drug-likeness (QED) is 0.0222. The van der Waals surface area contributed by atoms with Crippen LogP contribution in [0.25, 0.3) is 0 Å². The summed E-state index contributed by atoms with van der Waals surface area (Å²) in [6, 6.07) is 0. The maximum Gasteiger partial charge on any atom is 0.472 e. The molecule has 0 aromatic rings. The van der Waals surface area contributed by atoms with Crippen LogP contribution >= 0.6 is 15.6 Å². The molecule has 4 unspecified atom stereocenters. The fourth-order valence-corrected chi connectivity index (χ4v) is 11.8. The topological polar surface area (TPSA) is 237 Å². The van der Waals surface area contributed by atoms with E-state index in [9.17, 15) is 43.2 Å². The first-order valence-corrected chi connectivity index (χ1v) is 38.8. The smallest absolute Gasteiger partial charge is 0.462 e. The van der Waals surface area contributed by atoms with Gasteiger partial charge in [0.1, 0.15) is 19.3 Å². The average molecular weight is 1300 g/mol. The number of ether oxygens (including phenoxy) is 4. The SMILES string of the molecule is CCC(C)CCCCCCCCCCCCC(=O)O[C@H](COC(=O)CCCCCCCCC(C)CC)COP(=O)(O)OC[C@H](O)COP(=O)(O)OC[C@@H](COC(=O)CCCCCCCCCCCCC(C)C)OC(=O)CCCCCCCCCCC(C)C. The molecule has 0 bridgehead atoms. The second-order valence-electron chi connectivity index (χ2n) is 26.4. The standard InChI is InChI=1S/C69H134O17P2/c1-9-61(7)47-39-31-23-16-12-14-18-25-35-43-51-68(73)85-65(56-80-67(72)50-42-34-28-27-32-40-48-62(8)10-2)58-84-88(77,78)82-54-63(70)53-81-87(75,76)83-57-64(86-69(74)52-44-36-26-20-19-22-30-38-46-60(5)6)55-79-66(71)49-41-33-24-17-13-11-15-21-29-37-45-59(3)4/h59-65,70H,9-58H2,1-8H3,(H,75,76)(H,77,78)/t61?,62?,63-,64-,65-/m1/s1. The van der Waals surface area contributed by atoms with Crippen molar-refractivity contribution in [2.45, 2.75) is 356 Å². The normalized spacial score (nSPS) is 14.9. The van der Waals surface area contributed by atoms with Gasteiger partial charge in [-0.05, 0) is 49.4 Å². The molecule has 0 aliphatic carbocycles. The highest BCUT2D eigenvalue weighted by Gasteiger charge is 2.30. The maximum absolute atomic E-state index is 13.0. The molecule has 0 radical (unpaired) electrons. The molecule has 0 heterocycles. The summed E-state index contributed by atoms with van der Waals surface area (Å²) in [6.45, 7) is 14.1. The van der Waals surface area contributed by atoms with Crippen LogP contribution in [-0.4, -0.2) is 96.7 Å². The van der Waals surface area contributed by atoms with Crippen molar-refractivity contribution in [1.29, 1.82) is 0 Å². The van der Waals surface area contributed by atoms with Gasteiger partial charge in [-0.3, -0.25) is 37.3 Å². The Kier molecular flexibility index (Phi) is 57.6. The Morgan fingerprint density at radius 1 is 0.318 bits per heavy atom. The van der Waals surface area contributed by atoms with Crippen molar-refractivity contribution in [3.05, 3.63) is 0 Å². The van der Waals surface area contributed by atoms with E-state index in [1.807, 2.05) is 0 Å². The number of hydrogen-bond acceptors (Lipinski definition) is 15. The average Bonchev–Trinajstić information content (AvgIpc) is 3.59. The Labute approximate surface area is 537 Å². The number of aliphatic hydroxyl groups excluding tert-OH is 1. The minimum atomic E-state index is -4.95. The Morgan fingerprint density at radius 3 is 0.807 bits per heavy atom. The molecule has 88 heavy (non-hydrogen) atoms. The van der Waals surface area contributed by atoms with Crippen LogP contribution in [0.15, 0.2) is 0 Å². The summed E-state index contributed by atoms with van der Waals surface area (Å²) in [5, 5.41) is 10.6. The van der Waals surface area contributed by atoms with Gasteiger partial charge in [0.15, 0.2) is 12.2 Å². The molecule has 0 amide bonds. The molecule has 0 spiro atoms. The zero-order valence-corrected chi connectivity index (χ0v) is 59.1. The third-order valence-electron chi connectivity index (χ3n) is 16.5. The van der Waals surface area contributed by atoms with Crippen molar-refractivity contribution >= 4 is 39.5 Å². The van der Waals surface area contributed by atoms with Crippen molar-refractivity contribution in [3.63, 3.8) is 0 Å². The molecule has 0 rings (SSSR count). The Balaban J connectivity index is 5.26. The molecule has 0 aromatic carbocycles. The van der Waals surface area contributed by atoms with E-state index >= 15 is 0 Å². The summed E-state index contributed by atoms with van der Waals surface area (Å²) in [5.41, 5.74) is 0. The number of esters is 4. The van der Waals surface area contributed by atoms with E-state index in [1.54, 1.807) is 0 Å². The lowest BCUT2D eigenvalue weighted by atomic mass is 9.99. The Bertz CT molecular complexity index is 1750. The van der Waals surface area contributed by atoms with E-state index < -0.39 is 97.5 Å². The molecule has 19 heteroatoms. The van der Waals surface area contributed by atoms with Crippen LogP contribution in [-0.2, 0) is 65.4 Å². The van der Waals surface area contributed by atoms with Gasteiger partial charge in [0.2, 0.25) is 0 Å². The van der Waals surface area contributed by atoms with E-state index in [4.69, 9.17) is 37.0 Å². The molecule has 0 saturated heterocycles. The monoisotopic (exact) mass is 1300 g/mol. The van der Waals surface area contributed by atoms with Gasteiger partial charge in [-0.2, -0.15) is 0 Å². The first-order valence-electron chi connectivity index (χ1n) is 35.8. The molecule has 3 N–H and O–H groups in total. The maximum atomic E-state index is 13.0. The van der Waals surface area contributed by atoms with Gasteiger partial charge < -0.3 is 33.8 Å². The van der Waals surface area contributed by atoms with Crippen LogP contribution in [0.1, 0.15) is 338 Å². The highest BCUT2D eigenvalue weighted by molar-refractivity contribution is 7.47. The third-order valence-corrected chi connectivity index (χ3v) is 18.4. The summed E-state index contributed by atoms with van der Waals surface area (Å²) >= 11 is 0. The van der Waals surface area contributed by atoms with E-state index in [-0.39, 0.29) is 25.7 Å². The summed E-state index contributed by atoms with van der Waals surface area (Å²) in [5.74, 6) is 0.878. The Morgan fingerprint density at radius 2 is 0.545 bits per heavy atom. The third kappa shape index (κ3) is 60.3. The number of carbonyl (C=O) groups excluding carboxylic acids is 4. The lowest BCUT2D eigenvalue weighted by Gasteiger charge is -2.21. The summed E-state index contributed by atoms with van der Waals surface area (Å²) in [4.78, 5) is 72.5. The van der Waals surface area contributed by atoms with Gasteiger partial charge in [0.25, 0.3) is 0 Å². The number of aliphatic hydroxyl groups is 1. The van der Waals surface area contributed by atoms with Crippen molar-refractivity contribution in [2.24, 2.45) is 23.7 Å². The molecule has 0 fully saturated rings.